The van der Waals surface area contributed by atoms with Crippen molar-refractivity contribution in [2.45, 2.75) is 43.4 Å². The van der Waals surface area contributed by atoms with Gasteiger partial charge >= 0.3 is 0 Å². The van der Waals surface area contributed by atoms with Crippen LogP contribution in [0.4, 0.5) is 0 Å². The zero-order chi connectivity index (χ0) is 14.0. The Morgan fingerprint density at radius 2 is 2.16 bits per heavy atom. The summed E-state index contributed by atoms with van der Waals surface area (Å²) >= 11 is 1.35. The van der Waals surface area contributed by atoms with Crippen LogP contribution in [0, 0.1) is 12.8 Å². The van der Waals surface area contributed by atoms with E-state index in [0.717, 1.165) is 24.1 Å². The molecule has 4 nitrogen and oxygen atoms in total. The van der Waals surface area contributed by atoms with Crippen molar-refractivity contribution < 1.29 is 8.42 Å². The third kappa shape index (κ3) is 2.86. The van der Waals surface area contributed by atoms with Crippen LogP contribution < -0.4 is 5.73 Å². The molecule has 1 aromatic heterocycles. The van der Waals surface area contributed by atoms with Crippen molar-refractivity contribution in [3.05, 3.63) is 17.0 Å². The van der Waals surface area contributed by atoms with Crippen molar-refractivity contribution in [1.29, 1.82) is 0 Å². The molecule has 108 valence electrons. The molecule has 2 atom stereocenters. The molecule has 0 bridgehead atoms. The lowest BCUT2D eigenvalue weighted by atomic mass is 10.0. The smallest absolute Gasteiger partial charge is 0.252 e. The highest BCUT2D eigenvalue weighted by Gasteiger charge is 2.37. The Bertz CT molecular complexity index is 525. The number of hydrogen-bond acceptors (Lipinski definition) is 4. The van der Waals surface area contributed by atoms with Gasteiger partial charge in [0.15, 0.2) is 0 Å². The average molecular weight is 302 g/mol. The summed E-state index contributed by atoms with van der Waals surface area (Å²) in [5.41, 5.74) is 5.78. The molecular formula is C13H22N2O2S2. The van der Waals surface area contributed by atoms with Crippen LogP contribution in [0.2, 0.25) is 0 Å². The number of sulfonamides is 1. The summed E-state index contributed by atoms with van der Waals surface area (Å²) in [6.07, 6.45) is 3.04. The highest BCUT2D eigenvalue weighted by atomic mass is 32.2. The summed E-state index contributed by atoms with van der Waals surface area (Å²) in [5.74, 6) is 0.302. The highest BCUT2D eigenvalue weighted by molar-refractivity contribution is 7.91. The van der Waals surface area contributed by atoms with E-state index in [0.29, 0.717) is 23.2 Å². The second-order valence-electron chi connectivity index (χ2n) is 5.07. The Balaban J connectivity index is 2.31. The molecule has 1 heterocycles. The summed E-state index contributed by atoms with van der Waals surface area (Å²) < 4.78 is 27.6. The minimum atomic E-state index is -3.36. The van der Waals surface area contributed by atoms with Crippen LogP contribution in [0.3, 0.4) is 0 Å². The quantitative estimate of drug-likeness (QED) is 0.907. The Morgan fingerprint density at radius 1 is 1.42 bits per heavy atom. The van der Waals surface area contributed by atoms with Gasteiger partial charge in [-0.25, -0.2) is 8.42 Å². The summed E-state index contributed by atoms with van der Waals surface area (Å²) in [4.78, 5) is 1.02. The summed E-state index contributed by atoms with van der Waals surface area (Å²) in [5, 5.41) is 0. The fourth-order valence-electron chi connectivity index (χ4n) is 2.92. The van der Waals surface area contributed by atoms with Gasteiger partial charge < -0.3 is 5.73 Å². The average Bonchev–Trinajstić information content (AvgIpc) is 2.98. The van der Waals surface area contributed by atoms with Gasteiger partial charge in [0.25, 0.3) is 10.0 Å². The molecule has 2 unspecified atom stereocenters. The van der Waals surface area contributed by atoms with E-state index < -0.39 is 10.0 Å². The Hall–Kier alpha value is -0.430. The predicted octanol–water partition coefficient (Wildman–Crippen LogP) is 2.19. The second-order valence-corrected chi connectivity index (χ2v) is 8.47. The van der Waals surface area contributed by atoms with Gasteiger partial charge in [-0.05, 0) is 44.4 Å². The number of thiophene rings is 1. The fraction of sp³-hybridized carbons (Fsp3) is 0.692. The summed E-state index contributed by atoms with van der Waals surface area (Å²) in [6, 6.07) is 3.65. The normalized spacial score (nSPS) is 24.2. The molecule has 19 heavy (non-hydrogen) atoms. The zero-order valence-corrected chi connectivity index (χ0v) is 13.1. The molecule has 2 N–H and O–H groups in total. The van der Waals surface area contributed by atoms with Crippen LogP contribution in [0.25, 0.3) is 0 Å². The molecule has 1 aromatic rings. The minimum Gasteiger partial charge on any atom is -0.330 e. The lowest BCUT2D eigenvalue weighted by molar-refractivity contribution is 0.276. The van der Waals surface area contributed by atoms with Gasteiger partial charge in [0, 0.05) is 17.5 Å². The fourth-order valence-corrected chi connectivity index (χ4v) is 6.06. The molecule has 1 aliphatic rings. The van der Waals surface area contributed by atoms with Crippen molar-refractivity contribution in [2.75, 3.05) is 13.1 Å². The Kier molecular flexibility index (Phi) is 4.66. The van der Waals surface area contributed by atoms with Gasteiger partial charge in [-0.2, -0.15) is 4.31 Å². The molecule has 0 amide bonds. The lowest BCUT2D eigenvalue weighted by Gasteiger charge is -2.30. The van der Waals surface area contributed by atoms with Gasteiger partial charge in [0.1, 0.15) is 4.21 Å². The van der Waals surface area contributed by atoms with Crippen LogP contribution in [-0.2, 0) is 10.0 Å². The summed E-state index contributed by atoms with van der Waals surface area (Å²) in [6.45, 7) is 4.92. The standard InChI is InChI=1S/C13H22N2O2S2/c1-3-15(12-6-4-5-11(12)9-14)19(16,17)13-8-7-10(2)18-13/h7-8,11-12H,3-6,9,14H2,1-2H3. The van der Waals surface area contributed by atoms with E-state index in [1.165, 1.54) is 11.3 Å². The summed E-state index contributed by atoms with van der Waals surface area (Å²) in [7, 11) is -3.36. The molecule has 0 aromatic carbocycles. The van der Waals surface area contributed by atoms with E-state index in [2.05, 4.69) is 0 Å². The molecule has 0 saturated heterocycles. The number of nitrogens with two attached hydrogens (primary N) is 1. The minimum absolute atomic E-state index is 0.0717. The van der Waals surface area contributed by atoms with E-state index in [1.54, 1.807) is 10.4 Å². The van der Waals surface area contributed by atoms with Crippen LogP contribution in [-0.4, -0.2) is 31.9 Å². The first-order chi connectivity index (χ1) is 9.00. The van der Waals surface area contributed by atoms with Crippen LogP contribution in [0.5, 0.6) is 0 Å². The third-order valence-corrected chi connectivity index (χ3v) is 7.35. The lowest BCUT2D eigenvalue weighted by Crippen LogP contribution is -2.43. The SMILES string of the molecule is CCN(C1CCCC1CN)S(=O)(=O)c1ccc(C)s1. The van der Waals surface area contributed by atoms with E-state index >= 15 is 0 Å². The van der Waals surface area contributed by atoms with Gasteiger partial charge in [0.05, 0.1) is 0 Å². The Morgan fingerprint density at radius 3 is 2.68 bits per heavy atom. The molecule has 0 spiro atoms. The van der Waals surface area contributed by atoms with Crippen molar-refractivity contribution in [2.24, 2.45) is 11.7 Å². The molecule has 1 saturated carbocycles. The number of rotatable bonds is 5. The Labute approximate surface area is 119 Å². The molecule has 0 radical (unpaired) electrons. The largest absolute Gasteiger partial charge is 0.330 e. The predicted molar refractivity (Wildman–Crippen MR) is 78.8 cm³/mol. The molecule has 6 heteroatoms. The topological polar surface area (TPSA) is 63.4 Å². The number of nitrogens with zero attached hydrogens (tertiary/aromatic N) is 1. The van der Waals surface area contributed by atoms with E-state index in [1.807, 2.05) is 19.9 Å². The van der Waals surface area contributed by atoms with E-state index in [-0.39, 0.29) is 6.04 Å². The number of aryl methyl sites for hydroxylation is 1. The van der Waals surface area contributed by atoms with E-state index in [4.69, 9.17) is 5.73 Å². The molecule has 1 fully saturated rings. The first kappa shape index (κ1) is 15.0. The second kappa shape index (κ2) is 5.91. The maximum atomic E-state index is 12.7. The molecule has 0 aliphatic heterocycles. The maximum Gasteiger partial charge on any atom is 0.252 e. The van der Waals surface area contributed by atoms with Crippen molar-refractivity contribution in [3.8, 4) is 0 Å². The van der Waals surface area contributed by atoms with Crippen molar-refractivity contribution in [1.82, 2.24) is 4.31 Å². The van der Waals surface area contributed by atoms with Crippen LogP contribution >= 0.6 is 11.3 Å². The van der Waals surface area contributed by atoms with Crippen LogP contribution in [0.15, 0.2) is 16.3 Å². The molecule has 1 aliphatic carbocycles. The van der Waals surface area contributed by atoms with Gasteiger partial charge in [-0.15, -0.1) is 11.3 Å². The van der Waals surface area contributed by atoms with Crippen molar-refractivity contribution in [3.63, 3.8) is 0 Å². The first-order valence-electron chi connectivity index (χ1n) is 6.79. The molecule has 2 rings (SSSR count). The van der Waals surface area contributed by atoms with Gasteiger partial charge in [-0.3, -0.25) is 0 Å². The highest BCUT2D eigenvalue weighted by Crippen LogP contribution is 2.34. The van der Waals surface area contributed by atoms with E-state index in [9.17, 15) is 8.42 Å². The van der Waals surface area contributed by atoms with Crippen molar-refractivity contribution >= 4 is 21.4 Å². The van der Waals surface area contributed by atoms with Gasteiger partial charge in [0.2, 0.25) is 0 Å². The monoisotopic (exact) mass is 302 g/mol. The third-order valence-electron chi connectivity index (χ3n) is 3.88. The van der Waals surface area contributed by atoms with Crippen LogP contribution in [0.1, 0.15) is 31.1 Å². The van der Waals surface area contributed by atoms with Gasteiger partial charge in [-0.1, -0.05) is 13.3 Å². The number of hydrogen-bond donors (Lipinski definition) is 1. The maximum absolute atomic E-state index is 12.7. The zero-order valence-electron chi connectivity index (χ0n) is 11.5. The first-order valence-corrected chi connectivity index (χ1v) is 9.04. The molecular weight excluding hydrogens is 280 g/mol.